The highest BCUT2D eigenvalue weighted by Gasteiger charge is 2.24. The lowest BCUT2D eigenvalue weighted by atomic mass is 9.90. The van der Waals surface area contributed by atoms with Gasteiger partial charge in [-0.05, 0) is 11.8 Å². The normalized spacial score (nSPS) is 20.0. The first-order valence-electron chi connectivity index (χ1n) is 5.92. The zero-order valence-corrected chi connectivity index (χ0v) is 11.9. The van der Waals surface area contributed by atoms with Crippen LogP contribution in [0.4, 0.5) is 0 Å². The molecule has 0 fully saturated rings. The van der Waals surface area contributed by atoms with Crippen LogP contribution in [0.15, 0.2) is 4.99 Å². The molecule has 1 aliphatic heterocycles. The molecule has 1 rings (SSSR count). The minimum atomic E-state index is -0.188. The number of hydrogen-bond acceptors (Lipinski definition) is 5. The van der Waals surface area contributed by atoms with Crippen LogP contribution in [0.5, 0.6) is 0 Å². The third-order valence-electron chi connectivity index (χ3n) is 2.39. The largest absolute Gasteiger partial charge is 0.469 e. The number of amidine groups is 1. The van der Waals surface area contributed by atoms with E-state index in [0.717, 1.165) is 18.1 Å². The maximum absolute atomic E-state index is 10.9. The van der Waals surface area contributed by atoms with Crippen LogP contribution in [0.3, 0.4) is 0 Å². The molecule has 1 heterocycles. The van der Waals surface area contributed by atoms with E-state index in [-0.39, 0.29) is 5.97 Å². The summed E-state index contributed by atoms with van der Waals surface area (Å²) >= 11 is 1.78. The standard InChI is InChI=1S/C12H22N2O2S/c1-12(2,3)7-9-8-14-11(17-9)13-6-5-10(15)16-4/h9H,5-8H2,1-4H3,(H,13,14). The summed E-state index contributed by atoms with van der Waals surface area (Å²) in [5, 5.41) is 4.70. The minimum absolute atomic E-state index is 0.188. The molecule has 0 aromatic heterocycles. The van der Waals surface area contributed by atoms with Crippen molar-refractivity contribution < 1.29 is 9.53 Å². The highest BCUT2D eigenvalue weighted by atomic mass is 32.2. The monoisotopic (exact) mass is 258 g/mol. The molecule has 0 saturated carbocycles. The van der Waals surface area contributed by atoms with Crippen molar-refractivity contribution in [2.75, 3.05) is 20.2 Å². The van der Waals surface area contributed by atoms with Crippen LogP contribution in [0.1, 0.15) is 33.6 Å². The average molecular weight is 258 g/mol. The number of hydrogen-bond donors (Lipinski definition) is 1. The number of thioether (sulfide) groups is 1. The summed E-state index contributed by atoms with van der Waals surface area (Å²) in [6, 6.07) is 0. The quantitative estimate of drug-likeness (QED) is 0.784. The topological polar surface area (TPSA) is 50.7 Å². The Morgan fingerprint density at radius 3 is 2.88 bits per heavy atom. The van der Waals surface area contributed by atoms with Crippen molar-refractivity contribution in [2.45, 2.75) is 38.9 Å². The van der Waals surface area contributed by atoms with E-state index in [1.807, 2.05) is 0 Å². The van der Waals surface area contributed by atoms with Gasteiger partial charge >= 0.3 is 5.97 Å². The van der Waals surface area contributed by atoms with Gasteiger partial charge in [0.15, 0.2) is 5.17 Å². The van der Waals surface area contributed by atoms with Crippen molar-refractivity contribution in [2.24, 2.45) is 10.4 Å². The first-order chi connectivity index (χ1) is 7.90. The van der Waals surface area contributed by atoms with Gasteiger partial charge in [0.05, 0.1) is 20.1 Å². The molecular formula is C12H22N2O2S. The Hall–Kier alpha value is -0.710. The third kappa shape index (κ3) is 5.96. The fraction of sp³-hybridized carbons (Fsp3) is 0.833. The van der Waals surface area contributed by atoms with E-state index in [9.17, 15) is 4.79 Å². The predicted molar refractivity (Wildman–Crippen MR) is 72.4 cm³/mol. The number of esters is 1. The summed E-state index contributed by atoms with van der Waals surface area (Å²) in [4.78, 5) is 15.4. The molecule has 1 atom stereocenters. The molecule has 0 spiro atoms. The predicted octanol–water partition coefficient (Wildman–Crippen LogP) is 2.05. The molecule has 5 heteroatoms. The molecule has 17 heavy (non-hydrogen) atoms. The number of nitrogens with one attached hydrogen (secondary N) is 1. The first kappa shape index (κ1) is 14.4. The van der Waals surface area contributed by atoms with Crippen molar-refractivity contribution in [1.82, 2.24) is 5.32 Å². The van der Waals surface area contributed by atoms with Crippen molar-refractivity contribution in [3.8, 4) is 0 Å². The van der Waals surface area contributed by atoms with E-state index >= 15 is 0 Å². The zero-order valence-electron chi connectivity index (χ0n) is 11.1. The molecule has 0 amide bonds. The SMILES string of the molecule is COC(=O)CCNC1=NCC(CC(C)(C)C)S1. The number of methoxy groups -OCH3 is 1. The molecule has 1 N–H and O–H groups in total. The van der Waals surface area contributed by atoms with Crippen LogP contribution in [0.25, 0.3) is 0 Å². The van der Waals surface area contributed by atoms with E-state index in [0.29, 0.717) is 23.6 Å². The van der Waals surface area contributed by atoms with Crippen LogP contribution in [-0.2, 0) is 9.53 Å². The summed E-state index contributed by atoms with van der Waals surface area (Å²) in [6.45, 7) is 8.21. The average Bonchev–Trinajstić information content (AvgIpc) is 2.62. The van der Waals surface area contributed by atoms with E-state index in [2.05, 4.69) is 35.8 Å². The van der Waals surface area contributed by atoms with Gasteiger partial charge in [0.1, 0.15) is 0 Å². The van der Waals surface area contributed by atoms with Gasteiger partial charge in [-0.3, -0.25) is 9.79 Å². The highest BCUT2D eigenvalue weighted by Crippen LogP contribution is 2.31. The van der Waals surface area contributed by atoms with E-state index in [1.165, 1.54) is 7.11 Å². The van der Waals surface area contributed by atoms with E-state index in [1.54, 1.807) is 11.8 Å². The Bertz CT molecular complexity index is 297. The van der Waals surface area contributed by atoms with Gasteiger partial charge in [-0.2, -0.15) is 0 Å². The number of rotatable bonds is 4. The van der Waals surface area contributed by atoms with Gasteiger partial charge in [0.2, 0.25) is 0 Å². The third-order valence-corrected chi connectivity index (χ3v) is 3.54. The van der Waals surface area contributed by atoms with Crippen molar-refractivity contribution in [1.29, 1.82) is 0 Å². The van der Waals surface area contributed by atoms with Crippen LogP contribution < -0.4 is 5.32 Å². The fourth-order valence-electron chi connectivity index (χ4n) is 1.68. The smallest absolute Gasteiger partial charge is 0.307 e. The Labute approximate surface area is 108 Å². The fourth-order valence-corrected chi connectivity index (χ4v) is 3.06. The molecular weight excluding hydrogens is 236 g/mol. The molecule has 0 saturated heterocycles. The van der Waals surface area contributed by atoms with Crippen LogP contribution in [-0.4, -0.2) is 36.6 Å². The molecule has 1 unspecified atom stereocenters. The second-order valence-corrected chi connectivity index (χ2v) is 6.69. The van der Waals surface area contributed by atoms with Gasteiger partial charge in [-0.15, -0.1) is 0 Å². The summed E-state index contributed by atoms with van der Waals surface area (Å²) < 4.78 is 4.58. The van der Waals surface area contributed by atoms with E-state index < -0.39 is 0 Å². The second-order valence-electron chi connectivity index (χ2n) is 5.40. The second kappa shape index (κ2) is 6.28. The molecule has 0 radical (unpaired) electrons. The molecule has 0 aliphatic carbocycles. The highest BCUT2D eigenvalue weighted by molar-refractivity contribution is 8.14. The van der Waals surface area contributed by atoms with Gasteiger partial charge in [-0.1, -0.05) is 32.5 Å². The number of nitrogens with zero attached hydrogens (tertiary/aromatic N) is 1. The molecule has 98 valence electrons. The summed E-state index contributed by atoms with van der Waals surface area (Å²) in [5.41, 5.74) is 0.342. The van der Waals surface area contributed by atoms with Crippen molar-refractivity contribution in [3.05, 3.63) is 0 Å². The van der Waals surface area contributed by atoms with Gasteiger partial charge < -0.3 is 10.1 Å². The molecule has 0 bridgehead atoms. The molecule has 4 nitrogen and oxygen atoms in total. The number of aliphatic imine (C=N–C) groups is 1. The molecule has 0 aromatic rings. The maximum Gasteiger partial charge on any atom is 0.307 e. The Kier molecular flexibility index (Phi) is 5.31. The summed E-state index contributed by atoms with van der Waals surface area (Å²) in [6.07, 6.45) is 1.55. The Morgan fingerprint density at radius 1 is 1.59 bits per heavy atom. The number of ether oxygens (including phenoxy) is 1. The summed E-state index contributed by atoms with van der Waals surface area (Å²) in [7, 11) is 1.41. The van der Waals surface area contributed by atoms with Crippen LogP contribution in [0, 0.1) is 5.41 Å². The zero-order chi connectivity index (χ0) is 12.9. The minimum Gasteiger partial charge on any atom is -0.469 e. The maximum atomic E-state index is 10.9. The van der Waals surface area contributed by atoms with Crippen LogP contribution >= 0.6 is 11.8 Å². The Morgan fingerprint density at radius 2 is 2.29 bits per heavy atom. The molecule has 1 aliphatic rings. The summed E-state index contributed by atoms with van der Waals surface area (Å²) in [5.74, 6) is -0.188. The number of carbonyl (C=O) groups is 1. The van der Waals surface area contributed by atoms with Crippen LogP contribution in [0.2, 0.25) is 0 Å². The first-order valence-corrected chi connectivity index (χ1v) is 6.80. The lowest BCUT2D eigenvalue weighted by Crippen LogP contribution is -2.23. The van der Waals surface area contributed by atoms with Gasteiger partial charge in [-0.25, -0.2) is 0 Å². The van der Waals surface area contributed by atoms with Crippen molar-refractivity contribution in [3.63, 3.8) is 0 Å². The Balaban J connectivity index is 2.19. The van der Waals surface area contributed by atoms with Gasteiger partial charge in [0, 0.05) is 11.8 Å². The van der Waals surface area contributed by atoms with Gasteiger partial charge in [0.25, 0.3) is 0 Å². The van der Waals surface area contributed by atoms with E-state index in [4.69, 9.17) is 0 Å². The lowest BCUT2D eigenvalue weighted by molar-refractivity contribution is -0.140. The lowest BCUT2D eigenvalue weighted by Gasteiger charge is -2.21. The molecule has 0 aromatic carbocycles. The van der Waals surface area contributed by atoms with Crippen molar-refractivity contribution >= 4 is 22.9 Å². The number of carbonyl (C=O) groups excluding carboxylic acids is 1.